The van der Waals surface area contributed by atoms with Gasteiger partial charge < -0.3 is 10.2 Å². The maximum Gasteiger partial charge on any atom is 0.270 e. The second-order valence-electron chi connectivity index (χ2n) is 5.42. The van der Waals surface area contributed by atoms with Crippen LogP contribution in [0.25, 0.3) is 0 Å². The Kier molecular flexibility index (Phi) is 6.53. The normalized spacial score (nSPS) is 11.3. The van der Waals surface area contributed by atoms with Crippen molar-refractivity contribution in [1.29, 1.82) is 0 Å². The van der Waals surface area contributed by atoms with Crippen molar-refractivity contribution >= 4 is 23.8 Å². The standard InChI is InChI=1S/C17H16N4O6/c22-16-4-2-14(20(24)25)8-12(16)10-18-6-1-7-19-11-13-9-15(21(26)27)3-5-17(13)23/h2-5,8-11,22-23H,1,6-7H2. The van der Waals surface area contributed by atoms with Gasteiger partial charge in [0.25, 0.3) is 11.4 Å². The van der Waals surface area contributed by atoms with Crippen LogP contribution in [0.5, 0.6) is 11.5 Å². The number of nitro benzene ring substituents is 2. The Bertz CT molecular complexity index is 837. The van der Waals surface area contributed by atoms with E-state index in [9.17, 15) is 30.4 Å². The van der Waals surface area contributed by atoms with Crippen LogP contribution in [-0.4, -0.2) is 45.6 Å². The molecule has 0 radical (unpaired) electrons. The third kappa shape index (κ3) is 5.59. The lowest BCUT2D eigenvalue weighted by molar-refractivity contribution is -0.385. The molecule has 0 aliphatic rings. The molecular formula is C17H16N4O6. The van der Waals surface area contributed by atoms with Crippen molar-refractivity contribution in [2.24, 2.45) is 9.98 Å². The van der Waals surface area contributed by atoms with Crippen LogP contribution in [0.2, 0.25) is 0 Å². The highest BCUT2D eigenvalue weighted by molar-refractivity contribution is 5.85. The van der Waals surface area contributed by atoms with Crippen LogP contribution in [0.1, 0.15) is 17.5 Å². The number of aromatic hydroxyl groups is 2. The molecule has 2 aromatic rings. The van der Waals surface area contributed by atoms with Gasteiger partial charge in [-0.1, -0.05) is 0 Å². The summed E-state index contributed by atoms with van der Waals surface area (Å²) in [5.74, 6) is -0.216. The van der Waals surface area contributed by atoms with Crippen LogP contribution >= 0.6 is 0 Å². The first kappa shape index (κ1) is 19.5. The quantitative estimate of drug-likeness (QED) is 0.314. The van der Waals surface area contributed by atoms with Crippen LogP contribution in [0.15, 0.2) is 46.4 Å². The van der Waals surface area contributed by atoms with Gasteiger partial charge >= 0.3 is 0 Å². The highest BCUT2D eigenvalue weighted by Gasteiger charge is 2.09. The predicted molar refractivity (Wildman–Crippen MR) is 99.1 cm³/mol. The van der Waals surface area contributed by atoms with E-state index in [0.717, 1.165) is 0 Å². The molecule has 10 heteroatoms. The highest BCUT2D eigenvalue weighted by atomic mass is 16.6. The summed E-state index contributed by atoms with van der Waals surface area (Å²) in [4.78, 5) is 28.5. The molecule has 0 aliphatic heterocycles. The first-order valence-corrected chi connectivity index (χ1v) is 7.83. The Hall–Kier alpha value is -3.82. The molecule has 27 heavy (non-hydrogen) atoms. The summed E-state index contributed by atoms with van der Waals surface area (Å²) in [6.45, 7) is 0.723. The fraction of sp³-hybridized carbons (Fsp3) is 0.176. The smallest absolute Gasteiger partial charge is 0.270 e. The lowest BCUT2D eigenvalue weighted by atomic mass is 10.2. The number of benzene rings is 2. The molecule has 2 rings (SSSR count). The van der Waals surface area contributed by atoms with Crippen molar-refractivity contribution < 1.29 is 20.1 Å². The molecular weight excluding hydrogens is 356 g/mol. The maximum absolute atomic E-state index is 10.7. The molecule has 2 N–H and O–H groups in total. The molecule has 2 aromatic carbocycles. The van der Waals surface area contributed by atoms with Crippen molar-refractivity contribution in [3.8, 4) is 11.5 Å². The van der Waals surface area contributed by atoms with Gasteiger partial charge in [0.15, 0.2) is 0 Å². The number of rotatable bonds is 8. The molecule has 0 heterocycles. The van der Waals surface area contributed by atoms with Crippen molar-refractivity contribution in [2.75, 3.05) is 13.1 Å². The molecule has 0 spiro atoms. The molecule has 140 valence electrons. The van der Waals surface area contributed by atoms with Crippen molar-refractivity contribution in [2.45, 2.75) is 6.42 Å². The minimum Gasteiger partial charge on any atom is -0.507 e. The molecule has 0 aromatic heterocycles. The fourth-order valence-electron chi connectivity index (χ4n) is 2.10. The Morgan fingerprint density at radius 3 is 1.59 bits per heavy atom. The first-order chi connectivity index (χ1) is 12.9. The first-order valence-electron chi connectivity index (χ1n) is 7.83. The summed E-state index contributed by atoms with van der Waals surface area (Å²) < 4.78 is 0. The van der Waals surface area contributed by atoms with E-state index in [1.807, 2.05) is 0 Å². The van der Waals surface area contributed by atoms with E-state index < -0.39 is 9.85 Å². The van der Waals surface area contributed by atoms with Gasteiger partial charge in [-0.3, -0.25) is 30.2 Å². The predicted octanol–water partition coefficient (Wildman–Crippen LogP) is 2.84. The molecule has 0 aliphatic carbocycles. The number of phenolic OH excluding ortho intramolecular Hbond substituents is 2. The Morgan fingerprint density at radius 2 is 1.22 bits per heavy atom. The van der Waals surface area contributed by atoms with Gasteiger partial charge in [-0.25, -0.2) is 0 Å². The summed E-state index contributed by atoms with van der Waals surface area (Å²) in [5, 5.41) is 40.8. The second-order valence-corrected chi connectivity index (χ2v) is 5.42. The van der Waals surface area contributed by atoms with Gasteiger partial charge in [-0.15, -0.1) is 0 Å². The van der Waals surface area contributed by atoms with Crippen molar-refractivity contribution in [3.05, 3.63) is 67.8 Å². The number of hydrogen-bond acceptors (Lipinski definition) is 8. The van der Waals surface area contributed by atoms with Gasteiger partial charge in [-0.2, -0.15) is 0 Å². The lowest BCUT2D eigenvalue weighted by Gasteiger charge is -1.99. The van der Waals surface area contributed by atoms with Crippen molar-refractivity contribution in [1.82, 2.24) is 0 Å². The molecule has 0 saturated heterocycles. The number of nitrogens with zero attached hydrogens (tertiary/aromatic N) is 4. The van der Waals surface area contributed by atoms with E-state index in [1.54, 1.807) is 0 Å². The average Bonchev–Trinajstić information content (AvgIpc) is 2.63. The average molecular weight is 372 g/mol. The summed E-state index contributed by atoms with van der Waals surface area (Å²) in [5.41, 5.74) is 0.203. The monoisotopic (exact) mass is 372 g/mol. The SMILES string of the molecule is O=[N+]([O-])c1ccc(O)c(C=NCCCN=Cc2cc([N+](=O)[O-])ccc2O)c1. The largest absolute Gasteiger partial charge is 0.507 e. The molecule has 0 bridgehead atoms. The van der Waals surface area contributed by atoms with E-state index in [-0.39, 0.29) is 34.0 Å². The topological polar surface area (TPSA) is 151 Å². The molecule has 0 atom stereocenters. The minimum absolute atomic E-state index is 0.108. The number of hydrogen-bond donors (Lipinski definition) is 2. The number of non-ortho nitro benzene ring substituents is 2. The van der Waals surface area contributed by atoms with Crippen LogP contribution in [0.4, 0.5) is 11.4 Å². The van der Waals surface area contributed by atoms with Gasteiger partial charge in [0.2, 0.25) is 0 Å². The Labute approximate surface area is 153 Å². The second kappa shape index (κ2) is 9.04. The van der Waals surface area contributed by atoms with E-state index in [4.69, 9.17) is 0 Å². The van der Waals surface area contributed by atoms with Crippen LogP contribution in [-0.2, 0) is 0 Å². The van der Waals surface area contributed by atoms with Gasteiger partial charge in [-0.05, 0) is 18.6 Å². The molecule has 10 nitrogen and oxygen atoms in total. The van der Waals surface area contributed by atoms with E-state index >= 15 is 0 Å². The van der Waals surface area contributed by atoms with Crippen LogP contribution in [0.3, 0.4) is 0 Å². The number of aliphatic imine (C=N–C) groups is 2. The Balaban J connectivity index is 1.87. The fourth-order valence-corrected chi connectivity index (χ4v) is 2.10. The summed E-state index contributed by atoms with van der Waals surface area (Å²) in [6.07, 6.45) is 3.23. The highest BCUT2D eigenvalue weighted by Crippen LogP contribution is 2.22. The summed E-state index contributed by atoms with van der Waals surface area (Å²) in [6, 6.07) is 7.31. The zero-order chi connectivity index (χ0) is 19.8. The van der Waals surface area contributed by atoms with Crippen molar-refractivity contribution in [3.63, 3.8) is 0 Å². The zero-order valence-corrected chi connectivity index (χ0v) is 14.1. The van der Waals surface area contributed by atoms with E-state index in [2.05, 4.69) is 9.98 Å². The molecule has 0 saturated carbocycles. The minimum atomic E-state index is -0.561. The van der Waals surface area contributed by atoms with Crippen LogP contribution in [0, 0.1) is 20.2 Å². The van der Waals surface area contributed by atoms with Gasteiger partial charge in [0, 0.05) is 60.9 Å². The third-order valence-corrected chi connectivity index (χ3v) is 3.48. The van der Waals surface area contributed by atoms with Gasteiger partial charge in [0.1, 0.15) is 11.5 Å². The van der Waals surface area contributed by atoms with E-state index in [0.29, 0.717) is 19.5 Å². The summed E-state index contributed by atoms with van der Waals surface area (Å²) in [7, 11) is 0. The van der Waals surface area contributed by atoms with Crippen LogP contribution < -0.4 is 0 Å². The number of phenols is 2. The molecule has 0 amide bonds. The lowest BCUT2D eigenvalue weighted by Crippen LogP contribution is -1.93. The number of nitro groups is 2. The summed E-state index contributed by atoms with van der Waals surface area (Å²) >= 11 is 0. The third-order valence-electron chi connectivity index (χ3n) is 3.48. The van der Waals surface area contributed by atoms with Gasteiger partial charge in [0.05, 0.1) is 9.85 Å². The zero-order valence-electron chi connectivity index (χ0n) is 14.1. The molecule has 0 unspecified atom stereocenters. The molecule has 0 fully saturated rings. The van der Waals surface area contributed by atoms with E-state index in [1.165, 1.54) is 48.8 Å². The Morgan fingerprint density at radius 1 is 0.815 bits per heavy atom. The maximum atomic E-state index is 10.7.